The van der Waals surface area contributed by atoms with Crippen LogP contribution in [-0.2, 0) is 29.4 Å². The first-order chi connectivity index (χ1) is 13.4. The summed E-state index contributed by atoms with van der Waals surface area (Å²) >= 11 is 0. The van der Waals surface area contributed by atoms with Crippen LogP contribution in [0.25, 0.3) is 11.5 Å². The number of benzene rings is 2. The molecule has 4 rings (SSSR count). The number of nitrogens with one attached hydrogen (secondary N) is 1. The van der Waals surface area contributed by atoms with Gasteiger partial charge in [0, 0.05) is 5.56 Å². The molecular weight excluding hydrogens is 372 g/mol. The van der Waals surface area contributed by atoms with Gasteiger partial charge in [-0.3, -0.25) is 0 Å². The largest absolute Gasteiger partial charge is 0.441 e. The maximum atomic E-state index is 12.7. The van der Waals surface area contributed by atoms with Gasteiger partial charge < -0.3 is 4.42 Å². The third-order valence-corrected chi connectivity index (χ3v) is 6.65. The molecule has 0 unspecified atom stereocenters. The minimum atomic E-state index is -3.60. The highest BCUT2D eigenvalue weighted by atomic mass is 32.2. The predicted octanol–water partition coefficient (Wildman–Crippen LogP) is 4.32. The molecule has 1 aliphatic carbocycles. The van der Waals surface area contributed by atoms with Gasteiger partial charge in [0.1, 0.15) is 5.76 Å². The molecular formula is C22H24N2O3S. The van der Waals surface area contributed by atoms with Gasteiger partial charge in [-0.25, -0.2) is 18.1 Å². The number of aryl methyl sites for hydroxylation is 4. The standard InChI is InChI=1S/C22H24N2O3S/c1-15-7-9-18(10-8-15)22-24-21(16(2)27-22)14-23-28(25,26)20-12-11-17-5-3-4-6-19(17)13-20/h7-13,23H,3-6,14H2,1-2H3. The molecule has 28 heavy (non-hydrogen) atoms. The number of aromatic nitrogens is 1. The Kier molecular flexibility index (Phi) is 5.08. The molecule has 1 aromatic heterocycles. The zero-order valence-electron chi connectivity index (χ0n) is 16.2. The van der Waals surface area contributed by atoms with Gasteiger partial charge in [0.15, 0.2) is 0 Å². The Bertz CT molecular complexity index is 1100. The molecule has 0 saturated heterocycles. The smallest absolute Gasteiger partial charge is 0.240 e. The van der Waals surface area contributed by atoms with Gasteiger partial charge in [-0.15, -0.1) is 0 Å². The summed E-state index contributed by atoms with van der Waals surface area (Å²) < 4.78 is 33.9. The van der Waals surface area contributed by atoms with Crippen molar-refractivity contribution in [1.29, 1.82) is 0 Å². The molecule has 0 atom stereocenters. The Morgan fingerprint density at radius 2 is 1.71 bits per heavy atom. The molecule has 146 valence electrons. The fourth-order valence-corrected chi connectivity index (χ4v) is 4.57. The topological polar surface area (TPSA) is 72.2 Å². The van der Waals surface area contributed by atoms with Crippen LogP contribution in [0.15, 0.2) is 51.8 Å². The van der Waals surface area contributed by atoms with Crippen LogP contribution in [0.2, 0.25) is 0 Å². The molecule has 0 bridgehead atoms. The van der Waals surface area contributed by atoms with Crippen molar-refractivity contribution in [2.75, 3.05) is 0 Å². The molecule has 0 aliphatic heterocycles. The van der Waals surface area contributed by atoms with E-state index in [0.29, 0.717) is 22.2 Å². The number of oxazole rings is 1. The van der Waals surface area contributed by atoms with Gasteiger partial charge in [-0.2, -0.15) is 0 Å². The zero-order chi connectivity index (χ0) is 19.7. The average Bonchev–Trinajstić information content (AvgIpc) is 3.07. The molecule has 0 radical (unpaired) electrons. The first-order valence-electron chi connectivity index (χ1n) is 9.57. The summed E-state index contributed by atoms with van der Waals surface area (Å²) in [5, 5.41) is 0. The molecule has 5 nitrogen and oxygen atoms in total. The lowest BCUT2D eigenvalue weighted by molar-refractivity contribution is 0.538. The van der Waals surface area contributed by atoms with Crippen LogP contribution in [0.5, 0.6) is 0 Å². The van der Waals surface area contributed by atoms with Crippen molar-refractivity contribution in [1.82, 2.24) is 9.71 Å². The Morgan fingerprint density at radius 3 is 2.46 bits per heavy atom. The molecule has 1 heterocycles. The lowest BCUT2D eigenvalue weighted by Gasteiger charge is -2.16. The summed E-state index contributed by atoms with van der Waals surface area (Å²) in [6.45, 7) is 3.92. The van der Waals surface area contributed by atoms with Crippen molar-refractivity contribution in [3.8, 4) is 11.5 Å². The summed E-state index contributed by atoms with van der Waals surface area (Å²) in [5.41, 5.74) is 5.04. The minimum absolute atomic E-state index is 0.0978. The molecule has 3 aromatic rings. The quantitative estimate of drug-likeness (QED) is 0.697. The van der Waals surface area contributed by atoms with Crippen molar-refractivity contribution in [2.45, 2.75) is 51.0 Å². The van der Waals surface area contributed by atoms with Crippen LogP contribution in [0.4, 0.5) is 0 Å². The highest BCUT2D eigenvalue weighted by Gasteiger charge is 2.19. The number of nitrogens with zero attached hydrogens (tertiary/aromatic N) is 1. The summed E-state index contributed by atoms with van der Waals surface area (Å²) in [6.07, 6.45) is 4.26. The van der Waals surface area contributed by atoms with Crippen LogP contribution < -0.4 is 4.72 Å². The van der Waals surface area contributed by atoms with E-state index in [1.54, 1.807) is 13.0 Å². The van der Waals surface area contributed by atoms with Crippen LogP contribution in [0.3, 0.4) is 0 Å². The fraction of sp³-hybridized carbons (Fsp3) is 0.318. The van der Waals surface area contributed by atoms with E-state index in [4.69, 9.17) is 4.42 Å². The minimum Gasteiger partial charge on any atom is -0.441 e. The van der Waals surface area contributed by atoms with Gasteiger partial charge in [0.05, 0.1) is 17.1 Å². The SMILES string of the molecule is Cc1ccc(-c2nc(CNS(=O)(=O)c3ccc4c(c3)CCCC4)c(C)o2)cc1. The van der Waals surface area contributed by atoms with Crippen LogP contribution >= 0.6 is 0 Å². The van der Waals surface area contributed by atoms with Crippen molar-refractivity contribution in [3.63, 3.8) is 0 Å². The maximum absolute atomic E-state index is 12.7. The van der Waals surface area contributed by atoms with Crippen molar-refractivity contribution >= 4 is 10.0 Å². The van der Waals surface area contributed by atoms with Gasteiger partial charge in [0.25, 0.3) is 0 Å². The highest BCUT2D eigenvalue weighted by Crippen LogP contribution is 2.25. The van der Waals surface area contributed by atoms with Crippen molar-refractivity contribution in [2.24, 2.45) is 0 Å². The normalized spacial score (nSPS) is 14.1. The Morgan fingerprint density at radius 1 is 1.00 bits per heavy atom. The van der Waals surface area contributed by atoms with E-state index < -0.39 is 10.0 Å². The molecule has 6 heteroatoms. The summed E-state index contributed by atoms with van der Waals surface area (Å²) in [7, 11) is -3.60. The molecule has 0 saturated carbocycles. The third-order valence-electron chi connectivity index (χ3n) is 5.25. The van der Waals surface area contributed by atoms with Crippen LogP contribution in [0.1, 0.15) is 41.0 Å². The average molecular weight is 397 g/mol. The van der Waals surface area contributed by atoms with E-state index in [9.17, 15) is 8.42 Å². The lowest BCUT2D eigenvalue weighted by atomic mass is 9.92. The Labute approximate surface area is 165 Å². The van der Waals surface area contributed by atoms with E-state index in [1.807, 2.05) is 43.3 Å². The Hall–Kier alpha value is -2.44. The first-order valence-corrected chi connectivity index (χ1v) is 11.1. The molecule has 1 aliphatic rings. The molecule has 1 N–H and O–H groups in total. The van der Waals surface area contributed by atoms with Gasteiger partial charge in [0.2, 0.25) is 15.9 Å². The van der Waals surface area contributed by atoms with Gasteiger partial charge in [-0.05, 0) is 74.9 Å². The number of hydrogen-bond donors (Lipinski definition) is 1. The summed E-state index contributed by atoms with van der Waals surface area (Å²) in [6, 6.07) is 13.3. The maximum Gasteiger partial charge on any atom is 0.240 e. The number of hydrogen-bond acceptors (Lipinski definition) is 4. The van der Waals surface area contributed by atoms with Gasteiger partial charge >= 0.3 is 0 Å². The van der Waals surface area contributed by atoms with Crippen LogP contribution in [0, 0.1) is 13.8 Å². The van der Waals surface area contributed by atoms with E-state index in [0.717, 1.165) is 36.0 Å². The van der Waals surface area contributed by atoms with Crippen molar-refractivity contribution in [3.05, 3.63) is 70.6 Å². The molecule has 0 spiro atoms. The highest BCUT2D eigenvalue weighted by molar-refractivity contribution is 7.89. The third kappa shape index (κ3) is 3.88. The second-order valence-electron chi connectivity index (χ2n) is 7.35. The van der Waals surface area contributed by atoms with E-state index in [-0.39, 0.29) is 6.54 Å². The predicted molar refractivity (Wildman–Crippen MR) is 109 cm³/mol. The fourth-order valence-electron chi connectivity index (χ4n) is 3.54. The second kappa shape index (κ2) is 7.53. The second-order valence-corrected chi connectivity index (χ2v) is 9.12. The monoisotopic (exact) mass is 396 g/mol. The number of sulfonamides is 1. The zero-order valence-corrected chi connectivity index (χ0v) is 17.0. The molecule has 0 amide bonds. The first kappa shape index (κ1) is 18.9. The molecule has 0 fully saturated rings. The van der Waals surface area contributed by atoms with E-state index in [1.165, 1.54) is 12.0 Å². The lowest BCUT2D eigenvalue weighted by Crippen LogP contribution is -2.24. The van der Waals surface area contributed by atoms with E-state index >= 15 is 0 Å². The van der Waals surface area contributed by atoms with Crippen LogP contribution in [-0.4, -0.2) is 13.4 Å². The summed E-state index contributed by atoms with van der Waals surface area (Å²) in [5.74, 6) is 1.11. The van der Waals surface area contributed by atoms with E-state index in [2.05, 4.69) is 9.71 Å². The Balaban J connectivity index is 1.51. The van der Waals surface area contributed by atoms with Crippen molar-refractivity contribution < 1.29 is 12.8 Å². The van der Waals surface area contributed by atoms with Gasteiger partial charge in [-0.1, -0.05) is 23.8 Å². The number of rotatable bonds is 5. The number of fused-ring (bicyclic) bond motifs is 1. The molecule has 2 aromatic carbocycles. The summed E-state index contributed by atoms with van der Waals surface area (Å²) in [4.78, 5) is 4.80.